The van der Waals surface area contributed by atoms with Crippen molar-refractivity contribution in [3.63, 3.8) is 0 Å². The Morgan fingerprint density at radius 2 is 2.25 bits per heavy atom. The number of nitrogens with two attached hydrogens (primary N) is 1. The minimum Gasteiger partial charge on any atom is -0.384 e. The standard InChI is InChI=1S/C14H15ClN4O/c1-2-4-10-7-9(8-12(16)18-10)14(20)19-13-11(15)5-3-6-17-13/h3,5-8H,2,4H2,1H3,(H2,16,18)(H,17,19,20). The smallest absolute Gasteiger partial charge is 0.257 e. The number of nitrogens with one attached hydrogen (secondary N) is 1. The first-order valence-corrected chi connectivity index (χ1v) is 6.66. The molecule has 5 nitrogen and oxygen atoms in total. The van der Waals surface area contributed by atoms with E-state index < -0.39 is 0 Å². The number of rotatable bonds is 4. The molecule has 0 aliphatic rings. The van der Waals surface area contributed by atoms with Crippen LogP contribution in [0.1, 0.15) is 29.4 Å². The van der Waals surface area contributed by atoms with E-state index in [1.54, 1.807) is 24.4 Å². The summed E-state index contributed by atoms with van der Waals surface area (Å²) in [6, 6.07) is 6.62. The van der Waals surface area contributed by atoms with Gasteiger partial charge in [0.2, 0.25) is 0 Å². The lowest BCUT2D eigenvalue weighted by Crippen LogP contribution is -2.14. The first kappa shape index (κ1) is 14.3. The molecule has 0 saturated carbocycles. The zero-order valence-electron chi connectivity index (χ0n) is 11.1. The predicted molar refractivity (Wildman–Crippen MR) is 79.8 cm³/mol. The minimum atomic E-state index is -0.308. The number of pyridine rings is 2. The summed E-state index contributed by atoms with van der Waals surface area (Å²) in [5, 5.41) is 3.04. The molecule has 0 saturated heterocycles. The lowest BCUT2D eigenvalue weighted by atomic mass is 10.1. The van der Waals surface area contributed by atoms with E-state index >= 15 is 0 Å². The van der Waals surface area contributed by atoms with Crippen molar-refractivity contribution in [2.75, 3.05) is 11.1 Å². The van der Waals surface area contributed by atoms with Crippen molar-refractivity contribution in [2.24, 2.45) is 0 Å². The maximum Gasteiger partial charge on any atom is 0.257 e. The van der Waals surface area contributed by atoms with Gasteiger partial charge in [-0.1, -0.05) is 24.9 Å². The van der Waals surface area contributed by atoms with Crippen LogP contribution in [0.15, 0.2) is 30.5 Å². The third-order valence-corrected chi connectivity index (χ3v) is 2.96. The van der Waals surface area contributed by atoms with Crippen molar-refractivity contribution in [3.8, 4) is 0 Å². The van der Waals surface area contributed by atoms with Crippen molar-refractivity contribution in [3.05, 3.63) is 46.7 Å². The van der Waals surface area contributed by atoms with Crippen molar-refractivity contribution in [1.29, 1.82) is 0 Å². The molecule has 0 atom stereocenters. The lowest BCUT2D eigenvalue weighted by molar-refractivity contribution is 0.102. The molecule has 20 heavy (non-hydrogen) atoms. The van der Waals surface area contributed by atoms with Gasteiger partial charge in [-0.2, -0.15) is 0 Å². The zero-order valence-corrected chi connectivity index (χ0v) is 11.8. The van der Waals surface area contributed by atoms with Gasteiger partial charge in [-0.25, -0.2) is 9.97 Å². The number of hydrogen-bond donors (Lipinski definition) is 2. The fourth-order valence-electron chi connectivity index (χ4n) is 1.78. The van der Waals surface area contributed by atoms with Crippen LogP contribution in [0.4, 0.5) is 11.6 Å². The Morgan fingerprint density at radius 1 is 1.45 bits per heavy atom. The molecule has 0 spiro atoms. The number of aromatic nitrogens is 2. The van der Waals surface area contributed by atoms with Gasteiger partial charge in [0.05, 0.1) is 5.02 Å². The SMILES string of the molecule is CCCc1cc(C(=O)Nc2ncccc2Cl)cc(N)n1. The number of nitrogens with zero attached hydrogens (tertiary/aromatic N) is 2. The van der Waals surface area contributed by atoms with E-state index in [2.05, 4.69) is 15.3 Å². The van der Waals surface area contributed by atoms with Gasteiger partial charge in [-0.05, 0) is 30.7 Å². The summed E-state index contributed by atoms with van der Waals surface area (Å²) in [4.78, 5) is 20.4. The topological polar surface area (TPSA) is 80.9 Å². The molecule has 2 heterocycles. The van der Waals surface area contributed by atoms with Gasteiger partial charge >= 0.3 is 0 Å². The summed E-state index contributed by atoms with van der Waals surface area (Å²) in [5.41, 5.74) is 6.96. The van der Waals surface area contributed by atoms with Crippen molar-refractivity contribution in [1.82, 2.24) is 9.97 Å². The fraction of sp³-hybridized carbons (Fsp3) is 0.214. The molecule has 0 aliphatic heterocycles. The Balaban J connectivity index is 2.23. The molecule has 0 bridgehead atoms. The Bertz CT molecular complexity index is 630. The highest BCUT2D eigenvalue weighted by molar-refractivity contribution is 6.33. The summed E-state index contributed by atoms with van der Waals surface area (Å²) in [7, 11) is 0. The molecule has 2 aromatic heterocycles. The lowest BCUT2D eigenvalue weighted by Gasteiger charge is -2.08. The van der Waals surface area contributed by atoms with Crippen LogP contribution in [0.25, 0.3) is 0 Å². The van der Waals surface area contributed by atoms with E-state index in [9.17, 15) is 4.79 Å². The average Bonchev–Trinajstić information content (AvgIpc) is 2.41. The van der Waals surface area contributed by atoms with Crippen LogP contribution < -0.4 is 11.1 Å². The van der Waals surface area contributed by atoms with Gasteiger partial charge in [0, 0.05) is 17.5 Å². The number of aryl methyl sites for hydroxylation is 1. The normalized spacial score (nSPS) is 10.3. The molecular weight excluding hydrogens is 276 g/mol. The Hall–Kier alpha value is -2.14. The van der Waals surface area contributed by atoms with Crippen LogP contribution in [-0.4, -0.2) is 15.9 Å². The van der Waals surface area contributed by atoms with Gasteiger partial charge in [-0.3, -0.25) is 4.79 Å². The van der Waals surface area contributed by atoms with Gasteiger partial charge in [0.25, 0.3) is 5.91 Å². The van der Waals surface area contributed by atoms with Gasteiger partial charge in [-0.15, -0.1) is 0 Å². The number of carbonyl (C=O) groups excluding carboxylic acids is 1. The van der Waals surface area contributed by atoms with E-state index in [4.69, 9.17) is 17.3 Å². The van der Waals surface area contributed by atoms with Gasteiger partial charge < -0.3 is 11.1 Å². The Morgan fingerprint density at radius 3 is 2.95 bits per heavy atom. The van der Waals surface area contributed by atoms with E-state index in [0.717, 1.165) is 18.5 Å². The second-order valence-corrected chi connectivity index (χ2v) is 4.72. The van der Waals surface area contributed by atoms with Crippen LogP contribution in [0.3, 0.4) is 0 Å². The second kappa shape index (κ2) is 6.34. The minimum absolute atomic E-state index is 0.308. The summed E-state index contributed by atoms with van der Waals surface area (Å²) in [5.74, 6) is 0.344. The highest BCUT2D eigenvalue weighted by atomic mass is 35.5. The molecule has 2 rings (SSSR count). The number of hydrogen-bond acceptors (Lipinski definition) is 4. The number of nitrogen functional groups attached to an aromatic ring is 1. The van der Waals surface area contributed by atoms with Crippen molar-refractivity contribution < 1.29 is 4.79 Å². The third-order valence-electron chi connectivity index (χ3n) is 2.66. The molecule has 0 aromatic carbocycles. The first-order chi connectivity index (χ1) is 9.60. The molecule has 3 N–H and O–H groups in total. The molecule has 2 aromatic rings. The summed E-state index contributed by atoms with van der Waals surface area (Å²) in [6.45, 7) is 2.04. The van der Waals surface area contributed by atoms with E-state index in [1.807, 2.05) is 6.92 Å². The summed E-state index contributed by atoms with van der Waals surface area (Å²) < 4.78 is 0. The van der Waals surface area contributed by atoms with Crippen molar-refractivity contribution >= 4 is 29.1 Å². The largest absolute Gasteiger partial charge is 0.384 e. The maximum absolute atomic E-state index is 12.2. The van der Waals surface area contributed by atoms with Crippen LogP contribution >= 0.6 is 11.6 Å². The summed E-state index contributed by atoms with van der Waals surface area (Å²) >= 11 is 5.95. The molecule has 0 unspecified atom stereocenters. The Labute approximate surface area is 122 Å². The van der Waals surface area contributed by atoms with E-state index in [0.29, 0.717) is 22.2 Å². The predicted octanol–water partition coefficient (Wildman–Crippen LogP) is 2.92. The number of halogens is 1. The highest BCUT2D eigenvalue weighted by Gasteiger charge is 2.11. The molecule has 0 aliphatic carbocycles. The Kier molecular flexibility index (Phi) is 4.53. The van der Waals surface area contributed by atoms with Gasteiger partial charge in [0.15, 0.2) is 5.82 Å². The molecule has 104 valence electrons. The molecule has 0 fully saturated rings. The van der Waals surface area contributed by atoms with Crippen molar-refractivity contribution in [2.45, 2.75) is 19.8 Å². The average molecular weight is 291 g/mol. The monoisotopic (exact) mass is 290 g/mol. The molecule has 0 radical (unpaired) electrons. The van der Waals surface area contributed by atoms with E-state index in [-0.39, 0.29) is 5.91 Å². The molecular formula is C14H15ClN4O. The molecule has 1 amide bonds. The fourth-order valence-corrected chi connectivity index (χ4v) is 1.95. The highest BCUT2D eigenvalue weighted by Crippen LogP contribution is 2.19. The van der Waals surface area contributed by atoms with E-state index in [1.165, 1.54) is 6.07 Å². The second-order valence-electron chi connectivity index (χ2n) is 4.31. The maximum atomic E-state index is 12.2. The molecule has 6 heteroatoms. The first-order valence-electron chi connectivity index (χ1n) is 6.28. The number of amides is 1. The number of carbonyl (C=O) groups is 1. The van der Waals surface area contributed by atoms with Crippen LogP contribution in [0.2, 0.25) is 5.02 Å². The van der Waals surface area contributed by atoms with Gasteiger partial charge in [0.1, 0.15) is 5.82 Å². The van der Waals surface area contributed by atoms with Crippen LogP contribution in [-0.2, 0) is 6.42 Å². The third kappa shape index (κ3) is 3.45. The zero-order chi connectivity index (χ0) is 14.5. The quantitative estimate of drug-likeness (QED) is 0.907. The van der Waals surface area contributed by atoms with Crippen LogP contribution in [0.5, 0.6) is 0 Å². The number of anilines is 2. The van der Waals surface area contributed by atoms with Crippen LogP contribution in [0, 0.1) is 0 Å². The summed E-state index contributed by atoms with van der Waals surface area (Å²) in [6.07, 6.45) is 3.27.